The highest BCUT2D eigenvalue weighted by molar-refractivity contribution is 5.40. The molecule has 0 aromatic heterocycles. The Morgan fingerprint density at radius 1 is 1.17 bits per heavy atom. The van der Waals surface area contributed by atoms with Crippen molar-refractivity contribution in [3.8, 4) is 5.75 Å². The van der Waals surface area contributed by atoms with Gasteiger partial charge in [0.1, 0.15) is 5.75 Å². The molecule has 2 unspecified atom stereocenters. The molecular weight excluding hydrogens is 286 g/mol. The highest BCUT2D eigenvalue weighted by Gasteiger charge is 2.18. The third kappa shape index (κ3) is 6.15. The van der Waals surface area contributed by atoms with Crippen molar-refractivity contribution < 1.29 is 9.84 Å². The summed E-state index contributed by atoms with van der Waals surface area (Å²) in [5.41, 5.74) is 8.36. The second-order valence-electron chi connectivity index (χ2n) is 7.28. The first-order valence-electron chi connectivity index (χ1n) is 9.00. The van der Waals surface area contributed by atoms with Crippen LogP contribution in [0, 0.1) is 11.8 Å². The molecule has 0 aliphatic rings. The highest BCUT2D eigenvalue weighted by atomic mass is 16.5. The molecule has 0 saturated heterocycles. The molecule has 1 aromatic carbocycles. The normalized spacial score (nSPS) is 14.3. The van der Waals surface area contributed by atoms with Gasteiger partial charge in [-0.15, -0.1) is 0 Å². The summed E-state index contributed by atoms with van der Waals surface area (Å²) in [6.45, 7) is 12.4. The van der Waals surface area contributed by atoms with Gasteiger partial charge < -0.3 is 15.6 Å². The number of aliphatic hydroxyl groups is 1. The Kier molecular flexibility index (Phi) is 8.64. The fourth-order valence-electron chi connectivity index (χ4n) is 2.85. The Hall–Kier alpha value is -1.06. The van der Waals surface area contributed by atoms with E-state index in [1.54, 1.807) is 0 Å². The van der Waals surface area contributed by atoms with Crippen LogP contribution in [-0.4, -0.2) is 24.9 Å². The fourth-order valence-corrected chi connectivity index (χ4v) is 2.85. The molecule has 3 nitrogen and oxygen atoms in total. The lowest BCUT2D eigenvalue weighted by molar-refractivity contribution is 0.214. The lowest BCUT2D eigenvalue weighted by atomic mass is 9.85. The van der Waals surface area contributed by atoms with Crippen LogP contribution in [0.5, 0.6) is 5.75 Å². The van der Waals surface area contributed by atoms with E-state index in [0.717, 1.165) is 25.2 Å². The molecule has 0 amide bonds. The van der Waals surface area contributed by atoms with Gasteiger partial charge in [0, 0.05) is 6.61 Å². The Bertz CT molecular complexity index is 453. The van der Waals surface area contributed by atoms with Crippen LogP contribution in [0.15, 0.2) is 18.2 Å². The van der Waals surface area contributed by atoms with Crippen molar-refractivity contribution in [2.24, 2.45) is 17.6 Å². The van der Waals surface area contributed by atoms with Crippen LogP contribution < -0.4 is 10.5 Å². The van der Waals surface area contributed by atoms with Crippen LogP contribution in [0.3, 0.4) is 0 Å². The van der Waals surface area contributed by atoms with Crippen LogP contribution in [0.4, 0.5) is 0 Å². The molecule has 1 aromatic rings. The molecule has 0 spiro atoms. The third-order valence-electron chi connectivity index (χ3n) is 4.40. The molecular formula is C20H35NO2. The first-order valence-corrected chi connectivity index (χ1v) is 9.00. The second kappa shape index (κ2) is 9.94. The van der Waals surface area contributed by atoms with Gasteiger partial charge in [-0.25, -0.2) is 0 Å². The minimum atomic E-state index is 0.166. The SMILES string of the molecule is CCC(CC(CN)CO)c1ccc(OCC(C)C)c(C(C)C)c1. The van der Waals surface area contributed by atoms with Crippen LogP contribution in [0.2, 0.25) is 0 Å². The summed E-state index contributed by atoms with van der Waals surface area (Å²) in [6.07, 6.45) is 1.99. The molecule has 3 heteroatoms. The van der Waals surface area contributed by atoms with Gasteiger partial charge in [0.05, 0.1) is 6.61 Å². The molecule has 0 fully saturated rings. The Morgan fingerprint density at radius 3 is 2.35 bits per heavy atom. The largest absolute Gasteiger partial charge is 0.493 e. The molecule has 0 aliphatic carbocycles. The maximum atomic E-state index is 9.43. The summed E-state index contributed by atoms with van der Waals surface area (Å²) >= 11 is 0. The first kappa shape index (κ1) is 20.0. The predicted molar refractivity (Wildman–Crippen MR) is 98.1 cm³/mol. The van der Waals surface area contributed by atoms with Gasteiger partial charge in [0.25, 0.3) is 0 Å². The molecule has 2 atom stereocenters. The number of benzene rings is 1. The van der Waals surface area contributed by atoms with E-state index in [1.165, 1.54) is 11.1 Å². The number of ether oxygens (including phenoxy) is 1. The van der Waals surface area contributed by atoms with E-state index in [0.29, 0.717) is 24.3 Å². The van der Waals surface area contributed by atoms with E-state index in [9.17, 15) is 5.11 Å². The van der Waals surface area contributed by atoms with Gasteiger partial charge in [-0.2, -0.15) is 0 Å². The molecule has 0 radical (unpaired) electrons. The van der Waals surface area contributed by atoms with E-state index in [4.69, 9.17) is 10.5 Å². The summed E-state index contributed by atoms with van der Waals surface area (Å²) in [6, 6.07) is 6.59. The van der Waals surface area contributed by atoms with E-state index in [1.807, 2.05) is 0 Å². The first-order chi connectivity index (χ1) is 10.9. The zero-order chi connectivity index (χ0) is 17.4. The Morgan fingerprint density at radius 2 is 1.87 bits per heavy atom. The molecule has 0 aliphatic heterocycles. The van der Waals surface area contributed by atoms with Crippen LogP contribution >= 0.6 is 0 Å². The van der Waals surface area contributed by atoms with Crippen molar-refractivity contribution in [2.75, 3.05) is 19.8 Å². The molecule has 0 bridgehead atoms. The lowest BCUT2D eigenvalue weighted by Crippen LogP contribution is -2.20. The monoisotopic (exact) mass is 321 g/mol. The maximum absolute atomic E-state index is 9.43. The van der Waals surface area contributed by atoms with Gasteiger partial charge in [-0.05, 0) is 60.3 Å². The molecule has 0 heterocycles. The topological polar surface area (TPSA) is 55.5 Å². The number of hydrogen-bond acceptors (Lipinski definition) is 3. The standard InChI is InChI=1S/C20H35NO2/c1-6-17(9-16(11-21)12-22)18-7-8-20(23-13-14(2)3)19(10-18)15(4)5/h7-8,10,14-17,22H,6,9,11-13,21H2,1-5H3. The maximum Gasteiger partial charge on any atom is 0.122 e. The van der Waals surface area contributed by atoms with Gasteiger partial charge in [0.2, 0.25) is 0 Å². The van der Waals surface area contributed by atoms with Crippen molar-refractivity contribution >= 4 is 0 Å². The summed E-state index contributed by atoms with van der Waals surface area (Å²) in [4.78, 5) is 0. The van der Waals surface area contributed by atoms with Crippen molar-refractivity contribution in [3.63, 3.8) is 0 Å². The van der Waals surface area contributed by atoms with E-state index in [2.05, 4.69) is 52.8 Å². The third-order valence-corrected chi connectivity index (χ3v) is 4.40. The minimum absolute atomic E-state index is 0.166. The van der Waals surface area contributed by atoms with E-state index in [-0.39, 0.29) is 12.5 Å². The van der Waals surface area contributed by atoms with Crippen LogP contribution in [0.25, 0.3) is 0 Å². The van der Waals surface area contributed by atoms with Gasteiger partial charge in [-0.3, -0.25) is 0 Å². The quantitative estimate of drug-likeness (QED) is 0.675. The molecule has 0 saturated carbocycles. The number of hydrogen-bond donors (Lipinski definition) is 2. The average Bonchev–Trinajstić information content (AvgIpc) is 2.54. The summed E-state index contributed by atoms with van der Waals surface area (Å²) in [7, 11) is 0. The van der Waals surface area contributed by atoms with Gasteiger partial charge in [0.15, 0.2) is 0 Å². The molecule has 1 rings (SSSR count). The summed E-state index contributed by atoms with van der Waals surface area (Å²) < 4.78 is 5.99. The number of nitrogens with two attached hydrogens (primary N) is 1. The van der Waals surface area contributed by atoms with Gasteiger partial charge in [-0.1, -0.05) is 46.8 Å². The van der Waals surface area contributed by atoms with Crippen molar-refractivity contribution in [1.82, 2.24) is 0 Å². The summed E-state index contributed by atoms with van der Waals surface area (Å²) in [5, 5.41) is 9.43. The Balaban J connectivity index is 3.00. The predicted octanol–water partition coefficient (Wildman–Crippen LogP) is 4.30. The average molecular weight is 322 g/mol. The summed E-state index contributed by atoms with van der Waals surface area (Å²) in [5.74, 6) is 2.57. The molecule has 3 N–H and O–H groups in total. The van der Waals surface area contributed by atoms with Gasteiger partial charge >= 0.3 is 0 Å². The number of aliphatic hydroxyl groups excluding tert-OH is 1. The highest BCUT2D eigenvalue weighted by Crippen LogP contribution is 2.34. The van der Waals surface area contributed by atoms with E-state index < -0.39 is 0 Å². The smallest absolute Gasteiger partial charge is 0.122 e. The zero-order valence-electron chi connectivity index (χ0n) is 15.5. The number of rotatable bonds is 10. The van der Waals surface area contributed by atoms with Crippen molar-refractivity contribution in [2.45, 2.75) is 59.3 Å². The van der Waals surface area contributed by atoms with Crippen LogP contribution in [0.1, 0.15) is 70.4 Å². The Labute approximate surface area is 142 Å². The zero-order valence-corrected chi connectivity index (χ0v) is 15.5. The molecule has 23 heavy (non-hydrogen) atoms. The lowest BCUT2D eigenvalue weighted by Gasteiger charge is -2.23. The van der Waals surface area contributed by atoms with Crippen LogP contribution in [-0.2, 0) is 0 Å². The minimum Gasteiger partial charge on any atom is -0.493 e. The molecule has 132 valence electrons. The van der Waals surface area contributed by atoms with Crippen molar-refractivity contribution in [3.05, 3.63) is 29.3 Å². The fraction of sp³-hybridized carbons (Fsp3) is 0.700. The van der Waals surface area contributed by atoms with E-state index >= 15 is 0 Å². The second-order valence-corrected chi connectivity index (χ2v) is 7.28. The van der Waals surface area contributed by atoms with Crippen molar-refractivity contribution in [1.29, 1.82) is 0 Å².